The minimum absolute atomic E-state index is 0.0355. The first-order valence-corrected chi connectivity index (χ1v) is 6.01. The second-order valence-electron chi connectivity index (χ2n) is 3.79. The maximum absolute atomic E-state index is 13.7. The zero-order valence-electron chi connectivity index (χ0n) is 9.55. The number of nitrogens with zero attached hydrogens (tertiary/aromatic N) is 1. The van der Waals surface area contributed by atoms with Crippen molar-refractivity contribution in [3.8, 4) is 6.07 Å². The number of nitriles is 1. The van der Waals surface area contributed by atoms with Crippen LogP contribution in [0.5, 0.6) is 0 Å². The van der Waals surface area contributed by atoms with Gasteiger partial charge in [-0.2, -0.15) is 5.26 Å². The fourth-order valence-electron chi connectivity index (χ4n) is 1.53. The molecule has 0 aliphatic heterocycles. The van der Waals surface area contributed by atoms with E-state index < -0.39 is 11.6 Å². The number of benzene rings is 2. The molecule has 0 bridgehead atoms. The van der Waals surface area contributed by atoms with Gasteiger partial charge in [0.2, 0.25) is 0 Å². The Kier molecular flexibility index (Phi) is 3.67. The summed E-state index contributed by atoms with van der Waals surface area (Å²) in [7, 11) is 0. The van der Waals surface area contributed by atoms with Crippen molar-refractivity contribution < 1.29 is 8.78 Å². The van der Waals surface area contributed by atoms with Crippen molar-refractivity contribution >= 4 is 33.0 Å². The summed E-state index contributed by atoms with van der Waals surface area (Å²) in [5.41, 5.74) is 6.53. The molecule has 3 nitrogen and oxygen atoms in total. The van der Waals surface area contributed by atoms with Gasteiger partial charge < -0.3 is 11.1 Å². The molecule has 0 aliphatic rings. The Morgan fingerprint density at radius 3 is 2.53 bits per heavy atom. The zero-order valence-corrected chi connectivity index (χ0v) is 11.1. The van der Waals surface area contributed by atoms with Crippen LogP contribution in [-0.4, -0.2) is 0 Å². The summed E-state index contributed by atoms with van der Waals surface area (Å²) in [5.74, 6) is -1.23. The number of nitrogen functional groups attached to an aromatic ring is 1. The average molecular weight is 324 g/mol. The van der Waals surface area contributed by atoms with Gasteiger partial charge in [0.1, 0.15) is 17.7 Å². The van der Waals surface area contributed by atoms with Gasteiger partial charge in [0.15, 0.2) is 0 Å². The van der Waals surface area contributed by atoms with Crippen LogP contribution in [0.2, 0.25) is 0 Å². The molecule has 0 saturated carbocycles. The number of rotatable bonds is 2. The van der Waals surface area contributed by atoms with E-state index in [0.29, 0.717) is 11.4 Å². The first-order valence-electron chi connectivity index (χ1n) is 5.22. The quantitative estimate of drug-likeness (QED) is 0.650. The third kappa shape index (κ3) is 2.83. The Labute approximate surface area is 116 Å². The molecule has 2 rings (SSSR count). The summed E-state index contributed by atoms with van der Waals surface area (Å²) in [4.78, 5) is 0. The Balaban J connectivity index is 2.42. The molecule has 19 heavy (non-hydrogen) atoms. The van der Waals surface area contributed by atoms with Gasteiger partial charge in [-0.1, -0.05) is 0 Å². The lowest BCUT2D eigenvalue weighted by Crippen LogP contribution is -1.98. The molecule has 3 N–H and O–H groups in total. The second-order valence-corrected chi connectivity index (χ2v) is 4.64. The number of nitrogens with two attached hydrogens (primary N) is 1. The van der Waals surface area contributed by atoms with Gasteiger partial charge in [-0.05, 0) is 40.2 Å². The van der Waals surface area contributed by atoms with E-state index in [1.54, 1.807) is 6.07 Å². The summed E-state index contributed by atoms with van der Waals surface area (Å²) in [6.45, 7) is 0. The Morgan fingerprint density at radius 2 is 1.84 bits per heavy atom. The molecule has 96 valence electrons. The van der Waals surface area contributed by atoms with E-state index in [1.165, 1.54) is 12.1 Å². The second kappa shape index (κ2) is 5.24. The van der Waals surface area contributed by atoms with Gasteiger partial charge in [-0.3, -0.25) is 0 Å². The van der Waals surface area contributed by atoms with Crippen LogP contribution in [0, 0.1) is 23.0 Å². The monoisotopic (exact) mass is 323 g/mol. The number of anilines is 3. The van der Waals surface area contributed by atoms with Crippen LogP contribution in [0.1, 0.15) is 5.56 Å². The van der Waals surface area contributed by atoms with Crippen LogP contribution in [0.15, 0.2) is 34.8 Å². The molecule has 0 fully saturated rings. The lowest BCUT2D eigenvalue weighted by atomic mass is 10.1. The molecule has 0 radical (unpaired) electrons. The Bertz CT molecular complexity index is 680. The summed E-state index contributed by atoms with van der Waals surface area (Å²) in [6, 6.07) is 8.51. The van der Waals surface area contributed by atoms with E-state index in [2.05, 4.69) is 21.2 Å². The molecule has 0 aromatic heterocycles. The van der Waals surface area contributed by atoms with Gasteiger partial charge in [0.05, 0.1) is 21.4 Å². The van der Waals surface area contributed by atoms with Crippen molar-refractivity contribution in [1.29, 1.82) is 5.26 Å². The fraction of sp³-hybridized carbons (Fsp3) is 0. The lowest BCUT2D eigenvalue weighted by Gasteiger charge is -2.10. The largest absolute Gasteiger partial charge is 0.399 e. The summed E-state index contributed by atoms with van der Waals surface area (Å²) in [5, 5.41) is 11.6. The van der Waals surface area contributed by atoms with Crippen molar-refractivity contribution in [2.75, 3.05) is 11.1 Å². The predicted molar refractivity (Wildman–Crippen MR) is 72.9 cm³/mol. The summed E-state index contributed by atoms with van der Waals surface area (Å²) < 4.78 is 27.1. The molecular formula is C13H8BrF2N3. The van der Waals surface area contributed by atoms with E-state index in [1.807, 2.05) is 6.07 Å². The molecular weight excluding hydrogens is 316 g/mol. The molecule has 0 amide bonds. The van der Waals surface area contributed by atoms with Crippen LogP contribution in [0.4, 0.5) is 25.8 Å². The molecule has 0 aliphatic carbocycles. The van der Waals surface area contributed by atoms with E-state index in [-0.39, 0.29) is 15.7 Å². The van der Waals surface area contributed by atoms with Gasteiger partial charge in [0, 0.05) is 11.8 Å². The van der Waals surface area contributed by atoms with E-state index >= 15 is 0 Å². The lowest BCUT2D eigenvalue weighted by molar-refractivity contribution is 0.598. The SMILES string of the molecule is N#Cc1cc(N)ccc1Nc1cc(F)c(Br)cc1F. The van der Waals surface area contributed by atoms with Crippen LogP contribution in [-0.2, 0) is 0 Å². The molecule has 0 atom stereocenters. The van der Waals surface area contributed by atoms with Gasteiger partial charge >= 0.3 is 0 Å². The highest BCUT2D eigenvalue weighted by molar-refractivity contribution is 9.10. The molecule has 0 heterocycles. The maximum Gasteiger partial charge on any atom is 0.147 e. The minimum Gasteiger partial charge on any atom is -0.399 e. The number of halogens is 3. The normalized spacial score (nSPS) is 10.0. The average Bonchev–Trinajstić information content (AvgIpc) is 2.37. The van der Waals surface area contributed by atoms with E-state index in [9.17, 15) is 8.78 Å². The first-order chi connectivity index (χ1) is 9.01. The fourth-order valence-corrected chi connectivity index (χ4v) is 1.84. The topological polar surface area (TPSA) is 61.8 Å². The Hall–Kier alpha value is -2.13. The molecule has 2 aromatic carbocycles. The van der Waals surface area contributed by atoms with Crippen molar-refractivity contribution in [2.24, 2.45) is 0 Å². The van der Waals surface area contributed by atoms with Gasteiger partial charge in [-0.25, -0.2) is 8.78 Å². The minimum atomic E-state index is -0.631. The third-order valence-corrected chi connectivity index (χ3v) is 3.05. The van der Waals surface area contributed by atoms with Crippen molar-refractivity contribution in [3.63, 3.8) is 0 Å². The molecule has 0 unspecified atom stereocenters. The van der Waals surface area contributed by atoms with Crippen LogP contribution in [0.25, 0.3) is 0 Å². The smallest absolute Gasteiger partial charge is 0.147 e. The predicted octanol–water partition coefficient (Wildman–Crippen LogP) is 3.92. The van der Waals surface area contributed by atoms with Crippen LogP contribution in [0.3, 0.4) is 0 Å². The van der Waals surface area contributed by atoms with Crippen molar-refractivity contribution in [2.45, 2.75) is 0 Å². The van der Waals surface area contributed by atoms with Crippen LogP contribution >= 0.6 is 15.9 Å². The molecule has 6 heteroatoms. The highest BCUT2D eigenvalue weighted by Gasteiger charge is 2.10. The maximum atomic E-state index is 13.7. The standard InChI is InChI=1S/C13H8BrF2N3/c14-9-4-11(16)13(5-10(9)15)19-12-2-1-8(18)3-7(12)6-17/h1-5,19H,18H2. The highest BCUT2D eigenvalue weighted by Crippen LogP contribution is 2.28. The molecule has 2 aromatic rings. The van der Waals surface area contributed by atoms with Gasteiger partial charge in [0.25, 0.3) is 0 Å². The first kappa shape index (κ1) is 13.3. The Morgan fingerprint density at radius 1 is 1.11 bits per heavy atom. The molecule has 0 spiro atoms. The van der Waals surface area contributed by atoms with Crippen molar-refractivity contribution in [1.82, 2.24) is 0 Å². The number of hydrogen-bond acceptors (Lipinski definition) is 3. The zero-order chi connectivity index (χ0) is 14.0. The van der Waals surface area contributed by atoms with Crippen molar-refractivity contribution in [3.05, 3.63) is 52.0 Å². The number of nitrogens with one attached hydrogen (secondary N) is 1. The highest BCUT2D eigenvalue weighted by atomic mass is 79.9. The number of hydrogen-bond donors (Lipinski definition) is 2. The molecule has 0 saturated heterocycles. The third-order valence-electron chi connectivity index (χ3n) is 2.44. The summed E-state index contributed by atoms with van der Waals surface area (Å²) >= 11 is 2.89. The summed E-state index contributed by atoms with van der Waals surface area (Å²) in [6.07, 6.45) is 0. The van der Waals surface area contributed by atoms with E-state index in [4.69, 9.17) is 11.0 Å². The van der Waals surface area contributed by atoms with Gasteiger partial charge in [-0.15, -0.1) is 0 Å². The van der Waals surface area contributed by atoms with Crippen LogP contribution < -0.4 is 11.1 Å². The van der Waals surface area contributed by atoms with E-state index in [0.717, 1.165) is 12.1 Å².